The summed E-state index contributed by atoms with van der Waals surface area (Å²) in [5.41, 5.74) is 0. The fourth-order valence-corrected chi connectivity index (χ4v) is 5.07. The number of hydrogen-bond acceptors (Lipinski definition) is 6. The van der Waals surface area contributed by atoms with Crippen LogP contribution in [-0.4, -0.2) is 30.9 Å². The van der Waals surface area contributed by atoms with Gasteiger partial charge >= 0.3 is 0 Å². The molecule has 0 unspecified atom stereocenters. The van der Waals surface area contributed by atoms with Gasteiger partial charge in [0, 0.05) is 12.6 Å². The van der Waals surface area contributed by atoms with Crippen molar-refractivity contribution < 1.29 is 17.6 Å². The second-order valence-corrected chi connectivity index (χ2v) is 8.40. The number of thioether (sulfide) groups is 1. The molecule has 1 amide bonds. The molecule has 1 saturated heterocycles. The Kier molecular flexibility index (Phi) is 4.74. The van der Waals surface area contributed by atoms with Crippen molar-refractivity contribution in [2.45, 2.75) is 4.21 Å². The van der Waals surface area contributed by atoms with Gasteiger partial charge in [0.15, 0.2) is 5.17 Å². The molecule has 1 fully saturated rings. The number of amidine groups is 1. The zero-order valence-electron chi connectivity index (χ0n) is 12.3. The average molecular weight is 380 g/mol. The molecule has 3 rings (SSSR count). The Balaban J connectivity index is 1.98. The van der Waals surface area contributed by atoms with Crippen molar-refractivity contribution in [3.8, 4) is 0 Å². The minimum absolute atomic E-state index is 0.103. The molecule has 0 atom stereocenters. The standard InChI is InChI=1S/C15H12N2O4S3/c1-2-7-17-14(18)12(10-11-5-3-8-21-11)23-15(17)16-24(19,20)13-6-4-9-22-13/h2-6,8-10H,1,7H2/b12-10-,16-15-. The van der Waals surface area contributed by atoms with Gasteiger partial charge in [-0.3, -0.25) is 9.69 Å². The van der Waals surface area contributed by atoms with E-state index >= 15 is 0 Å². The van der Waals surface area contributed by atoms with Crippen molar-refractivity contribution in [2.75, 3.05) is 6.54 Å². The molecule has 0 saturated carbocycles. The molecule has 24 heavy (non-hydrogen) atoms. The molecule has 0 bridgehead atoms. The molecule has 0 N–H and O–H groups in total. The van der Waals surface area contributed by atoms with Crippen LogP contribution < -0.4 is 0 Å². The molecule has 9 heteroatoms. The maximum Gasteiger partial charge on any atom is 0.294 e. The van der Waals surface area contributed by atoms with Gasteiger partial charge < -0.3 is 4.42 Å². The summed E-state index contributed by atoms with van der Waals surface area (Å²) in [6, 6.07) is 6.52. The lowest BCUT2D eigenvalue weighted by Gasteiger charge is -2.12. The van der Waals surface area contributed by atoms with Crippen LogP contribution in [0.4, 0.5) is 0 Å². The normalized spacial score (nSPS) is 18.7. The van der Waals surface area contributed by atoms with E-state index in [9.17, 15) is 13.2 Å². The lowest BCUT2D eigenvalue weighted by molar-refractivity contribution is -0.121. The van der Waals surface area contributed by atoms with Crippen LogP contribution in [0.3, 0.4) is 0 Å². The van der Waals surface area contributed by atoms with E-state index in [1.165, 1.54) is 23.3 Å². The highest BCUT2D eigenvalue weighted by Gasteiger charge is 2.34. The van der Waals surface area contributed by atoms with Crippen LogP contribution in [-0.2, 0) is 14.8 Å². The number of furan rings is 1. The minimum atomic E-state index is -3.85. The van der Waals surface area contributed by atoms with Crippen LogP contribution in [0, 0.1) is 0 Å². The molecular weight excluding hydrogens is 368 g/mol. The van der Waals surface area contributed by atoms with E-state index in [-0.39, 0.29) is 21.8 Å². The van der Waals surface area contributed by atoms with Crippen molar-refractivity contribution in [1.29, 1.82) is 0 Å². The SMILES string of the molecule is C=CCN1C(=O)/C(=C/c2ccco2)S/C1=N\S(=O)(=O)c1cccs1. The Morgan fingerprint density at radius 3 is 2.79 bits per heavy atom. The van der Waals surface area contributed by atoms with Gasteiger partial charge in [0.1, 0.15) is 9.97 Å². The number of sulfonamides is 1. The van der Waals surface area contributed by atoms with Crippen molar-refractivity contribution >= 4 is 50.3 Å². The average Bonchev–Trinajstić information content (AvgIpc) is 3.26. The summed E-state index contributed by atoms with van der Waals surface area (Å²) in [5.74, 6) is 0.170. The zero-order chi connectivity index (χ0) is 17.2. The minimum Gasteiger partial charge on any atom is -0.465 e. The number of hydrogen-bond donors (Lipinski definition) is 0. The Bertz CT molecular complexity index is 910. The van der Waals surface area contributed by atoms with Gasteiger partial charge in [-0.2, -0.15) is 8.42 Å². The van der Waals surface area contributed by atoms with Crippen LogP contribution >= 0.6 is 23.1 Å². The predicted molar refractivity (Wildman–Crippen MR) is 95.1 cm³/mol. The Morgan fingerprint density at radius 2 is 2.17 bits per heavy atom. The van der Waals surface area contributed by atoms with E-state index in [4.69, 9.17) is 4.42 Å². The van der Waals surface area contributed by atoms with Gasteiger partial charge in [0.05, 0.1) is 11.2 Å². The van der Waals surface area contributed by atoms with E-state index in [2.05, 4.69) is 11.0 Å². The predicted octanol–water partition coefficient (Wildman–Crippen LogP) is 3.19. The highest BCUT2D eigenvalue weighted by atomic mass is 32.2. The lowest BCUT2D eigenvalue weighted by Crippen LogP contribution is -2.29. The molecule has 0 aliphatic carbocycles. The number of thiophene rings is 1. The van der Waals surface area contributed by atoms with Crippen molar-refractivity contribution in [2.24, 2.45) is 4.40 Å². The fraction of sp³-hybridized carbons (Fsp3) is 0.0667. The summed E-state index contributed by atoms with van der Waals surface area (Å²) in [4.78, 5) is 14.1. The number of carbonyl (C=O) groups is 1. The van der Waals surface area contributed by atoms with Crippen LogP contribution in [0.5, 0.6) is 0 Å². The van der Waals surface area contributed by atoms with Gasteiger partial charge in [0.2, 0.25) is 0 Å². The Hall–Kier alpha value is -2.10. The molecule has 0 aromatic carbocycles. The monoisotopic (exact) mass is 380 g/mol. The lowest BCUT2D eigenvalue weighted by atomic mass is 10.3. The largest absolute Gasteiger partial charge is 0.465 e. The van der Waals surface area contributed by atoms with Gasteiger partial charge in [0.25, 0.3) is 15.9 Å². The fourth-order valence-electron chi connectivity index (χ4n) is 1.93. The van der Waals surface area contributed by atoms with Crippen molar-refractivity contribution in [3.63, 3.8) is 0 Å². The third-order valence-electron chi connectivity index (χ3n) is 2.96. The van der Waals surface area contributed by atoms with Crippen LogP contribution in [0.25, 0.3) is 6.08 Å². The molecule has 1 aliphatic rings. The van der Waals surface area contributed by atoms with Crippen LogP contribution in [0.1, 0.15) is 5.76 Å². The van der Waals surface area contributed by atoms with E-state index in [1.54, 1.807) is 29.7 Å². The van der Waals surface area contributed by atoms with Crippen molar-refractivity contribution in [3.05, 3.63) is 59.2 Å². The number of carbonyl (C=O) groups excluding carboxylic acids is 1. The Labute approximate surface area is 147 Å². The van der Waals surface area contributed by atoms with Crippen molar-refractivity contribution in [1.82, 2.24) is 4.90 Å². The second kappa shape index (κ2) is 6.80. The summed E-state index contributed by atoms with van der Waals surface area (Å²) in [5, 5.41) is 1.76. The van der Waals surface area contributed by atoms with E-state index in [0.29, 0.717) is 10.7 Å². The summed E-state index contributed by atoms with van der Waals surface area (Å²) in [6.07, 6.45) is 4.57. The number of amides is 1. The first-order valence-electron chi connectivity index (χ1n) is 6.75. The van der Waals surface area contributed by atoms with Gasteiger partial charge in [-0.25, -0.2) is 0 Å². The second-order valence-electron chi connectivity index (χ2n) is 4.61. The first kappa shape index (κ1) is 16.7. The third-order valence-corrected chi connectivity index (χ3v) is 6.73. The summed E-state index contributed by atoms with van der Waals surface area (Å²) >= 11 is 2.07. The van der Waals surface area contributed by atoms with Gasteiger partial charge in [-0.15, -0.1) is 22.3 Å². The zero-order valence-corrected chi connectivity index (χ0v) is 14.7. The van der Waals surface area contributed by atoms with E-state index < -0.39 is 10.0 Å². The maximum absolute atomic E-state index is 12.5. The Morgan fingerprint density at radius 1 is 1.33 bits per heavy atom. The van der Waals surface area contributed by atoms with E-state index in [0.717, 1.165) is 23.1 Å². The highest BCUT2D eigenvalue weighted by Crippen LogP contribution is 2.34. The summed E-state index contributed by atoms with van der Waals surface area (Å²) < 4.78 is 33.8. The summed E-state index contributed by atoms with van der Waals surface area (Å²) in [7, 11) is -3.85. The van der Waals surface area contributed by atoms with Gasteiger partial charge in [-0.1, -0.05) is 12.1 Å². The molecular formula is C15H12N2O4S3. The number of nitrogens with zero attached hydrogens (tertiary/aromatic N) is 2. The smallest absolute Gasteiger partial charge is 0.294 e. The molecule has 1 aliphatic heterocycles. The summed E-state index contributed by atoms with van der Waals surface area (Å²) in [6.45, 7) is 3.76. The molecule has 6 nitrogen and oxygen atoms in total. The number of rotatable bonds is 5. The van der Waals surface area contributed by atoms with Crippen LogP contribution in [0.15, 0.2) is 66.5 Å². The molecule has 3 heterocycles. The maximum atomic E-state index is 12.5. The van der Waals surface area contributed by atoms with Gasteiger partial charge in [-0.05, 0) is 35.3 Å². The molecule has 124 valence electrons. The first-order chi connectivity index (χ1) is 11.5. The quantitative estimate of drug-likeness (QED) is 0.588. The topological polar surface area (TPSA) is 80.0 Å². The third kappa shape index (κ3) is 3.37. The molecule has 2 aromatic heterocycles. The van der Waals surface area contributed by atoms with E-state index in [1.807, 2.05) is 0 Å². The highest BCUT2D eigenvalue weighted by molar-refractivity contribution is 8.19. The first-order valence-corrected chi connectivity index (χ1v) is 9.89. The molecule has 0 spiro atoms. The van der Waals surface area contributed by atoms with Crippen LogP contribution in [0.2, 0.25) is 0 Å². The molecule has 0 radical (unpaired) electrons. The molecule has 2 aromatic rings.